The van der Waals surface area contributed by atoms with Crippen molar-refractivity contribution in [1.82, 2.24) is 9.21 Å². The number of benzene rings is 1. The Morgan fingerprint density at radius 3 is 2.57 bits per heavy atom. The van der Waals surface area contributed by atoms with E-state index in [2.05, 4.69) is 0 Å². The first kappa shape index (κ1) is 19.5. The molecule has 0 bridgehead atoms. The Morgan fingerprint density at radius 2 is 1.93 bits per heavy atom. The molecule has 0 unspecified atom stereocenters. The minimum Gasteiger partial charge on any atom is -0.334 e. The molecule has 150 valence electrons. The molecule has 1 aromatic carbocycles. The molecule has 1 saturated carbocycles. The summed E-state index contributed by atoms with van der Waals surface area (Å²) in [6.07, 6.45) is 3.37. The number of sulfonamides is 1. The number of piperidine rings is 1. The highest BCUT2D eigenvalue weighted by molar-refractivity contribution is 7.89. The minimum atomic E-state index is -3.73. The van der Waals surface area contributed by atoms with Gasteiger partial charge in [-0.25, -0.2) is 12.8 Å². The lowest BCUT2D eigenvalue weighted by Crippen LogP contribution is -2.47. The molecule has 1 saturated heterocycles. The number of hydrogen-bond acceptors (Lipinski definition) is 4. The first-order chi connectivity index (χ1) is 13.4. The Balaban J connectivity index is 1.49. The zero-order valence-electron chi connectivity index (χ0n) is 15.5. The van der Waals surface area contributed by atoms with E-state index in [1.54, 1.807) is 11.3 Å². The van der Waals surface area contributed by atoms with Crippen molar-refractivity contribution in [3.05, 3.63) is 52.5 Å². The predicted octanol–water partition coefficient (Wildman–Crippen LogP) is 3.48. The van der Waals surface area contributed by atoms with E-state index in [-0.39, 0.29) is 29.3 Å². The second kappa shape index (κ2) is 7.93. The lowest BCUT2D eigenvalue weighted by molar-refractivity contribution is -0.137. The Morgan fingerprint density at radius 1 is 1.18 bits per heavy atom. The number of carbonyl (C=O) groups excluding carboxylic acids is 1. The number of halogens is 1. The fraction of sp³-hybridized carbons (Fsp3) is 0.450. The van der Waals surface area contributed by atoms with Crippen LogP contribution in [0.1, 0.15) is 30.6 Å². The smallest absolute Gasteiger partial charge is 0.243 e. The molecule has 0 spiro atoms. The van der Waals surface area contributed by atoms with Crippen LogP contribution in [0.4, 0.5) is 4.39 Å². The maximum atomic E-state index is 13.2. The highest BCUT2D eigenvalue weighted by Crippen LogP contribution is 2.33. The van der Waals surface area contributed by atoms with Gasteiger partial charge in [-0.15, -0.1) is 11.3 Å². The van der Waals surface area contributed by atoms with Crippen molar-refractivity contribution < 1.29 is 17.6 Å². The Hall–Kier alpha value is -1.77. The van der Waals surface area contributed by atoms with Crippen LogP contribution in [0.25, 0.3) is 0 Å². The molecule has 8 heteroatoms. The molecule has 2 heterocycles. The normalized spacial score (nSPS) is 20.8. The number of amides is 1. The van der Waals surface area contributed by atoms with Gasteiger partial charge in [0.25, 0.3) is 0 Å². The van der Waals surface area contributed by atoms with Crippen molar-refractivity contribution >= 4 is 27.3 Å². The second-order valence-corrected chi connectivity index (χ2v) is 10.4. The van der Waals surface area contributed by atoms with Crippen LogP contribution in [0.2, 0.25) is 0 Å². The fourth-order valence-electron chi connectivity index (χ4n) is 3.70. The fourth-order valence-corrected chi connectivity index (χ4v) is 5.92. The van der Waals surface area contributed by atoms with Gasteiger partial charge in [-0.1, -0.05) is 6.07 Å². The SMILES string of the molecule is O=C([C@@H]1CCCN(S(=O)(=O)c2ccc(F)cc2)C1)N(Cc1cccs1)C1CC1. The van der Waals surface area contributed by atoms with Crippen molar-refractivity contribution in [2.45, 2.75) is 43.2 Å². The van der Waals surface area contributed by atoms with Crippen LogP contribution in [0.5, 0.6) is 0 Å². The van der Waals surface area contributed by atoms with Gasteiger partial charge in [-0.3, -0.25) is 4.79 Å². The summed E-state index contributed by atoms with van der Waals surface area (Å²) in [6, 6.07) is 9.14. The molecule has 1 aromatic heterocycles. The van der Waals surface area contributed by atoms with Gasteiger partial charge in [0.15, 0.2) is 0 Å². The molecule has 0 radical (unpaired) electrons. The van der Waals surface area contributed by atoms with E-state index in [9.17, 15) is 17.6 Å². The predicted molar refractivity (Wildman–Crippen MR) is 106 cm³/mol. The van der Waals surface area contributed by atoms with Gasteiger partial charge in [0.1, 0.15) is 5.82 Å². The Labute approximate surface area is 168 Å². The molecule has 2 aromatic rings. The summed E-state index contributed by atoms with van der Waals surface area (Å²) < 4.78 is 40.4. The number of rotatable bonds is 6. The number of carbonyl (C=O) groups is 1. The summed E-state index contributed by atoms with van der Waals surface area (Å²) in [6.45, 7) is 1.17. The maximum Gasteiger partial charge on any atom is 0.243 e. The third-order valence-corrected chi connectivity index (χ3v) is 8.10. The van der Waals surface area contributed by atoms with Gasteiger partial charge < -0.3 is 4.90 Å². The van der Waals surface area contributed by atoms with E-state index < -0.39 is 15.8 Å². The summed E-state index contributed by atoms with van der Waals surface area (Å²) in [5, 5.41) is 2.00. The van der Waals surface area contributed by atoms with E-state index in [0.717, 1.165) is 29.9 Å². The van der Waals surface area contributed by atoms with Crippen molar-refractivity contribution in [3.63, 3.8) is 0 Å². The molecule has 28 heavy (non-hydrogen) atoms. The van der Waals surface area contributed by atoms with Crippen LogP contribution in [0.3, 0.4) is 0 Å². The number of hydrogen-bond donors (Lipinski definition) is 0. The first-order valence-electron chi connectivity index (χ1n) is 9.54. The standard InChI is InChI=1S/C20H23FN2O3S2/c21-16-5-9-19(10-6-16)28(25,26)22-11-1-3-15(13-22)20(24)23(17-7-8-17)14-18-4-2-12-27-18/h2,4-6,9-10,12,15,17H,1,3,7-8,11,13-14H2/t15-/m1/s1. The molecule has 2 aliphatic rings. The molecule has 1 aliphatic carbocycles. The zero-order valence-corrected chi connectivity index (χ0v) is 17.1. The highest BCUT2D eigenvalue weighted by Gasteiger charge is 2.39. The maximum absolute atomic E-state index is 13.2. The molecule has 5 nitrogen and oxygen atoms in total. The quantitative estimate of drug-likeness (QED) is 0.716. The lowest BCUT2D eigenvalue weighted by Gasteiger charge is -2.34. The van der Waals surface area contributed by atoms with Gasteiger partial charge >= 0.3 is 0 Å². The Bertz CT molecular complexity index is 925. The topological polar surface area (TPSA) is 57.7 Å². The number of nitrogens with zero attached hydrogens (tertiary/aromatic N) is 2. The third-order valence-electron chi connectivity index (χ3n) is 5.36. The first-order valence-corrected chi connectivity index (χ1v) is 11.9. The van der Waals surface area contributed by atoms with Gasteiger partial charge in [-0.05, 0) is 61.4 Å². The summed E-state index contributed by atoms with van der Waals surface area (Å²) in [5.74, 6) is -0.751. The molecule has 2 fully saturated rings. The van der Waals surface area contributed by atoms with Crippen molar-refractivity contribution in [2.75, 3.05) is 13.1 Å². The van der Waals surface area contributed by atoms with Gasteiger partial charge in [0, 0.05) is 24.0 Å². The average Bonchev–Trinajstić information content (AvgIpc) is 3.41. The van der Waals surface area contributed by atoms with Crippen LogP contribution < -0.4 is 0 Å². The van der Waals surface area contributed by atoms with E-state index in [4.69, 9.17) is 0 Å². The molecule has 1 amide bonds. The summed E-state index contributed by atoms with van der Waals surface area (Å²) in [7, 11) is -3.73. The highest BCUT2D eigenvalue weighted by atomic mass is 32.2. The molecular formula is C20H23FN2O3S2. The van der Waals surface area contributed by atoms with Crippen molar-refractivity contribution in [2.24, 2.45) is 5.92 Å². The van der Waals surface area contributed by atoms with Gasteiger partial charge in [0.2, 0.25) is 15.9 Å². The van der Waals surface area contributed by atoms with Crippen LogP contribution in [0, 0.1) is 11.7 Å². The average molecular weight is 423 g/mol. The van der Waals surface area contributed by atoms with E-state index in [0.29, 0.717) is 25.9 Å². The van der Waals surface area contributed by atoms with Crippen molar-refractivity contribution in [1.29, 1.82) is 0 Å². The zero-order chi connectivity index (χ0) is 19.7. The third kappa shape index (κ3) is 4.14. The van der Waals surface area contributed by atoms with Gasteiger partial charge in [-0.2, -0.15) is 4.31 Å². The molecule has 0 N–H and O–H groups in total. The number of thiophene rings is 1. The largest absolute Gasteiger partial charge is 0.334 e. The van der Waals surface area contributed by atoms with E-state index >= 15 is 0 Å². The molecule has 4 rings (SSSR count). The summed E-state index contributed by atoms with van der Waals surface area (Å²) in [4.78, 5) is 16.4. The summed E-state index contributed by atoms with van der Waals surface area (Å²) >= 11 is 1.63. The van der Waals surface area contributed by atoms with E-state index in [1.807, 2.05) is 22.4 Å². The van der Waals surface area contributed by atoms with Crippen LogP contribution >= 0.6 is 11.3 Å². The summed E-state index contributed by atoms with van der Waals surface area (Å²) in [5.41, 5.74) is 0. The minimum absolute atomic E-state index is 0.0508. The van der Waals surface area contributed by atoms with Crippen LogP contribution in [-0.2, 0) is 21.4 Å². The molecule has 1 aliphatic heterocycles. The van der Waals surface area contributed by atoms with Crippen LogP contribution in [0.15, 0.2) is 46.7 Å². The molecular weight excluding hydrogens is 399 g/mol. The van der Waals surface area contributed by atoms with Crippen LogP contribution in [-0.4, -0.2) is 42.7 Å². The lowest BCUT2D eigenvalue weighted by atomic mass is 9.98. The molecule has 1 atom stereocenters. The Kier molecular flexibility index (Phi) is 5.53. The van der Waals surface area contributed by atoms with E-state index in [1.165, 1.54) is 16.4 Å². The second-order valence-electron chi connectivity index (χ2n) is 7.43. The monoisotopic (exact) mass is 422 g/mol. The van der Waals surface area contributed by atoms with Gasteiger partial charge in [0.05, 0.1) is 17.4 Å². The van der Waals surface area contributed by atoms with Crippen molar-refractivity contribution in [3.8, 4) is 0 Å².